The molecule has 0 radical (unpaired) electrons. The zero-order valence-electron chi connectivity index (χ0n) is 14.3. The molecule has 0 spiro atoms. The van der Waals surface area contributed by atoms with E-state index in [-0.39, 0.29) is 5.91 Å². The SMILES string of the molecule is CCC(CC)CC(=O)Nc1nc2ccc(C)nc2n1C1CCC1. The number of aromatic nitrogens is 3. The van der Waals surface area contributed by atoms with E-state index in [4.69, 9.17) is 0 Å². The summed E-state index contributed by atoms with van der Waals surface area (Å²) < 4.78 is 2.14. The first-order valence-electron chi connectivity index (χ1n) is 8.77. The monoisotopic (exact) mass is 314 g/mol. The molecule has 1 amide bonds. The molecular weight excluding hydrogens is 288 g/mol. The van der Waals surface area contributed by atoms with E-state index in [1.807, 2.05) is 19.1 Å². The fourth-order valence-corrected chi connectivity index (χ4v) is 3.16. The van der Waals surface area contributed by atoms with Gasteiger partial charge in [-0.1, -0.05) is 26.7 Å². The predicted molar refractivity (Wildman–Crippen MR) is 92.5 cm³/mol. The molecule has 1 N–H and O–H groups in total. The number of nitrogens with zero attached hydrogens (tertiary/aromatic N) is 3. The molecule has 5 nitrogen and oxygen atoms in total. The Bertz CT molecular complexity index is 698. The van der Waals surface area contributed by atoms with Gasteiger partial charge in [0, 0.05) is 18.2 Å². The number of pyridine rings is 1. The summed E-state index contributed by atoms with van der Waals surface area (Å²) in [4.78, 5) is 21.7. The molecule has 124 valence electrons. The molecule has 0 bridgehead atoms. The van der Waals surface area contributed by atoms with Gasteiger partial charge in [-0.05, 0) is 44.2 Å². The summed E-state index contributed by atoms with van der Waals surface area (Å²) >= 11 is 0. The topological polar surface area (TPSA) is 59.8 Å². The number of amides is 1. The number of nitrogens with one attached hydrogen (secondary N) is 1. The molecule has 2 aromatic rings. The highest BCUT2D eigenvalue weighted by Crippen LogP contribution is 2.36. The fourth-order valence-electron chi connectivity index (χ4n) is 3.16. The van der Waals surface area contributed by atoms with E-state index in [1.54, 1.807) is 0 Å². The molecule has 2 aromatic heterocycles. The van der Waals surface area contributed by atoms with Gasteiger partial charge >= 0.3 is 0 Å². The average molecular weight is 314 g/mol. The molecule has 0 aromatic carbocycles. The Labute approximate surface area is 137 Å². The van der Waals surface area contributed by atoms with E-state index in [1.165, 1.54) is 6.42 Å². The highest BCUT2D eigenvalue weighted by molar-refractivity contribution is 5.91. The molecule has 23 heavy (non-hydrogen) atoms. The van der Waals surface area contributed by atoms with Gasteiger partial charge in [-0.2, -0.15) is 0 Å². The van der Waals surface area contributed by atoms with Gasteiger partial charge in [0.2, 0.25) is 11.9 Å². The van der Waals surface area contributed by atoms with E-state index in [2.05, 4.69) is 33.7 Å². The van der Waals surface area contributed by atoms with Gasteiger partial charge in [0.15, 0.2) is 5.65 Å². The second kappa shape index (κ2) is 6.69. The van der Waals surface area contributed by atoms with E-state index in [0.717, 1.165) is 42.5 Å². The maximum absolute atomic E-state index is 12.4. The van der Waals surface area contributed by atoms with Crippen molar-refractivity contribution in [3.63, 3.8) is 0 Å². The molecule has 1 aliphatic carbocycles. The largest absolute Gasteiger partial charge is 0.296 e. The van der Waals surface area contributed by atoms with Crippen molar-refractivity contribution in [2.24, 2.45) is 5.92 Å². The van der Waals surface area contributed by atoms with Crippen LogP contribution in [0.5, 0.6) is 0 Å². The van der Waals surface area contributed by atoms with E-state index in [9.17, 15) is 4.79 Å². The Morgan fingerprint density at radius 3 is 2.65 bits per heavy atom. The molecule has 1 aliphatic rings. The van der Waals surface area contributed by atoms with E-state index in [0.29, 0.717) is 24.3 Å². The van der Waals surface area contributed by atoms with Gasteiger partial charge in [0.25, 0.3) is 0 Å². The van der Waals surface area contributed by atoms with Crippen molar-refractivity contribution in [1.82, 2.24) is 14.5 Å². The van der Waals surface area contributed by atoms with Crippen LogP contribution in [0.4, 0.5) is 5.95 Å². The number of aryl methyl sites for hydroxylation is 1. The van der Waals surface area contributed by atoms with Crippen molar-refractivity contribution in [3.8, 4) is 0 Å². The van der Waals surface area contributed by atoms with Crippen molar-refractivity contribution < 1.29 is 4.79 Å². The molecule has 3 rings (SSSR count). The van der Waals surface area contributed by atoms with Crippen LogP contribution in [0.3, 0.4) is 0 Å². The van der Waals surface area contributed by atoms with Gasteiger partial charge < -0.3 is 0 Å². The highest BCUT2D eigenvalue weighted by Gasteiger charge is 2.26. The standard InChI is InChI=1S/C18H26N4O/c1-4-13(5-2)11-16(23)21-18-20-15-10-9-12(3)19-17(15)22(18)14-7-6-8-14/h9-10,13-14H,4-8,11H2,1-3H3,(H,20,21,23). The fraction of sp³-hybridized carbons (Fsp3) is 0.611. The first-order chi connectivity index (χ1) is 11.1. The molecule has 1 fully saturated rings. The van der Waals surface area contributed by atoms with Crippen LogP contribution in [0.1, 0.15) is 64.1 Å². The number of fused-ring (bicyclic) bond motifs is 1. The van der Waals surface area contributed by atoms with Crippen molar-refractivity contribution >= 4 is 23.0 Å². The van der Waals surface area contributed by atoms with Gasteiger partial charge in [0.05, 0.1) is 0 Å². The summed E-state index contributed by atoms with van der Waals surface area (Å²) in [5.41, 5.74) is 2.74. The summed E-state index contributed by atoms with van der Waals surface area (Å²) in [6.07, 6.45) is 6.13. The Morgan fingerprint density at radius 2 is 2.04 bits per heavy atom. The van der Waals surface area contributed by atoms with Crippen molar-refractivity contribution in [1.29, 1.82) is 0 Å². The van der Waals surface area contributed by atoms with Crippen LogP contribution in [0.15, 0.2) is 12.1 Å². The number of carbonyl (C=O) groups excluding carboxylic acids is 1. The second-order valence-corrected chi connectivity index (χ2v) is 6.62. The lowest BCUT2D eigenvalue weighted by Gasteiger charge is -2.28. The Kier molecular flexibility index (Phi) is 4.64. The van der Waals surface area contributed by atoms with E-state index >= 15 is 0 Å². The van der Waals surface area contributed by atoms with Crippen LogP contribution < -0.4 is 5.32 Å². The normalized spacial score (nSPS) is 15.1. The molecule has 0 unspecified atom stereocenters. The Balaban J connectivity index is 1.89. The zero-order chi connectivity index (χ0) is 16.4. The van der Waals surface area contributed by atoms with Crippen LogP contribution in [0, 0.1) is 12.8 Å². The lowest BCUT2D eigenvalue weighted by molar-refractivity contribution is -0.117. The third kappa shape index (κ3) is 3.23. The summed E-state index contributed by atoms with van der Waals surface area (Å²) in [6, 6.07) is 4.37. The Morgan fingerprint density at radius 1 is 1.30 bits per heavy atom. The number of imidazole rings is 1. The maximum Gasteiger partial charge on any atom is 0.226 e. The first kappa shape index (κ1) is 16.0. The maximum atomic E-state index is 12.4. The number of anilines is 1. The molecule has 0 saturated heterocycles. The van der Waals surface area contributed by atoms with Crippen LogP contribution >= 0.6 is 0 Å². The van der Waals surface area contributed by atoms with Crippen molar-refractivity contribution in [2.45, 2.75) is 65.3 Å². The van der Waals surface area contributed by atoms with Crippen molar-refractivity contribution in [2.75, 3.05) is 5.32 Å². The second-order valence-electron chi connectivity index (χ2n) is 6.62. The Hall–Kier alpha value is -1.91. The average Bonchev–Trinajstić information content (AvgIpc) is 2.81. The van der Waals surface area contributed by atoms with Crippen LogP contribution in [0.2, 0.25) is 0 Å². The molecule has 5 heteroatoms. The van der Waals surface area contributed by atoms with Gasteiger partial charge in [0.1, 0.15) is 5.52 Å². The number of hydrogen-bond donors (Lipinski definition) is 1. The van der Waals surface area contributed by atoms with Crippen molar-refractivity contribution in [3.05, 3.63) is 17.8 Å². The number of rotatable bonds is 6. The summed E-state index contributed by atoms with van der Waals surface area (Å²) in [7, 11) is 0. The predicted octanol–water partition coefficient (Wildman–Crippen LogP) is 4.23. The smallest absolute Gasteiger partial charge is 0.226 e. The third-order valence-electron chi connectivity index (χ3n) is 5.00. The van der Waals surface area contributed by atoms with Gasteiger partial charge in [-0.15, -0.1) is 0 Å². The van der Waals surface area contributed by atoms with Crippen LogP contribution in [-0.4, -0.2) is 20.4 Å². The first-order valence-corrected chi connectivity index (χ1v) is 8.77. The molecular formula is C18H26N4O. The molecule has 1 saturated carbocycles. The quantitative estimate of drug-likeness (QED) is 0.868. The zero-order valence-corrected chi connectivity index (χ0v) is 14.3. The lowest BCUT2D eigenvalue weighted by atomic mass is 9.93. The molecule has 2 heterocycles. The summed E-state index contributed by atoms with van der Waals surface area (Å²) in [6.45, 7) is 6.26. The lowest BCUT2D eigenvalue weighted by Crippen LogP contribution is -2.23. The summed E-state index contributed by atoms with van der Waals surface area (Å²) in [5.74, 6) is 1.17. The number of carbonyl (C=O) groups is 1. The third-order valence-corrected chi connectivity index (χ3v) is 5.00. The molecule has 0 aliphatic heterocycles. The van der Waals surface area contributed by atoms with Crippen LogP contribution in [-0.2, 0) is 4.79 Å². The minimum Gasteiger partial charge on any atom is -0.296 e. The minimum absolute atomic E-state index is 0.0614. The highest BCUT2D eigenvalue weighted by atomic mass is 16.1. The van der Waals surface area contributed by atoms with Gasteiger partial charge in [-0.25, -0.2) is 9.97 Å². The number of hydrogen-bond acceptors (Lipinski definition) is 3. The molecule has 0 atom stereocenters. The van der Waals surface area contributed by atoms with E-state index < -0.39 is 0 Å². The van der Waals surface area contributed by atoms with Gasteiger partial charge in [-0.3, -0.25) is 14.7 Å². The minimum atomic E-state index is 0.0614. The van der Waals surface area contributed by atoms with Crippen LogP contribution in [0.25, 0.3) is 11.2 Å². The summed E-state index contributed by atoms with van der Waals surface area (Å²) in [5, 5.41) is 3.04.